The first-order valence-corrected chi connectivity index (χ1v) is 9.37. The van der Waals surface area contributed by atoms with Gasteiger partial charge in [0.05, 0.1) is 0 Å². The summed E-state index contributed by atoms with van der Waals surface area (Å²) in [6, 6.07) is 23.9. The summed E-state index contributed by atoms with van der Waals surface area (Å²) in [5, 5.41) is 0. The van der Waals surface area contributed by atoms with Crippen LogP contribution in [-0.4, -0.2) is 25.0 Å². The zero-order valence-corrected chi connectivity index (χ0v) is 16.3. The normalized spacial score (nSPS) is 10.0. The Labute approximate surface area is 175 Å². The summed E-state index contributed by atoms with van der Waals surface area (Å²) in [5.41, 5.74) is 7.23. The van der Waals surface area contributed by atoms with E-state index in [1.165, 1.54) is 0 Å². The lowest BCUT2D eigenvalue weighted by Crippen LogP contribution is -2.43. The molecule has 6 nitrogen and oxygen atoms in total. The Morgan fingerprint density at radius 2 is 1.37 bits per heavy atom. The molecular formula is C24H22N2O4. The second kappa shape index (κ2) is 10.5. The van der Waals surface area contributed by atoms with Crippen molar-refractivity contribution in [2.45, 2.75) is 0 Å². The maximum atomic E-state index is 12.1. The van der Waals surface area contributed by atoms with Crippen LogP contribution in [0.1, 0.15) is 10.4 Å². The quantitative estimate of drug-likeness (QED) is 0.444. The molecule has 0 saturated heterocycles. The number of ether oxygens (including phenoxy) is 2. The highest BCUT2D eigenvalue weighted by Crippen LogP contribution is 2.21. The number of hydrogen-bond donors (Lipinski definition) is 2. The van der Waals surface area contributed by atoms with Crippen LogP contribution in [0.5, 0.6) is 11.5 Å². The third-order valence-corrected chi connectivity index (χ3v) is 4.13. The van der Waals surface area contributed by atoms with E-state index in [2.05, 4.69) is 17.4 Å². The van der Waals surface area contributed by atoms with Gasteiger partial charge in [0.1, 0.15) is 18.1 Å². The summed E-state index contributed by atoms with van der Waals surface area (Å²) in [6.45, 7) is 3.74. The minimum absolute atomic E-state index is 0.223. The molecule has 3 aromatic carbocycles. The first kappa shape index (κ1) is 20.7. The average molecular weight is 402 g/mol. The second-order valence-corrected chi connectivity index (χ2v) is 6.31. The topological polar surface area (TPSA) is 76.7 Å². The monoisotopic (exact) mass is 402 g/mol. The predicted molar refractivity (Wildman–Crippen MR) is 115 cm³/mol. The molecule has 0 atom stereocenters. The largest absolute Gasteiger partial charge is 0.490 e. The zero-order valence-electron chi connectivity index (χ0n) is 16.3. The summed E-state index contributed by atoms with van der Waals surface area (Å²) >= 11 is 0. The van der Waals surface area contributed by atoms with Gasteiger partial charge >= 0.3 is 0 Å². The highest BCUT2D eigenvalue weighted by atomic mass is 16.5. The van der Waals surface area contributed by atoms with E-state index in [0.717, 1.165) is 11.1 Å². The van der Waals surface area contributed by atoms with Crippen molar-refractivity contribution in [2.75, 3.05) is 13.2 Å². The first-order valence-electron chi connectivity index (χ1n) is 9.37. The number of rotatable bonds is 8. The molecule has 0 aliphatic heterocycles. The predicted octanol–water partition coefficient (Wildman–Crippen LogP) is 3.76. The Morgan fingerprint density at radius 3 is 2.03 bits per heavy atom. The van der Waals surface area contributed by atoms with Gasteiger partial charge in [0.2, 0.25) is 0 Å². The fourth-order valence-corrected chi connectivity index (χ4v) is 2.62. The third kappa shape index (κ3) is 5.97. The molecule has 2 N–H and O–H groups in total. The number of nitrogens with one attached hydrogen (secondary N) is 2. The summed E-state index contributed by atoms with van der Waals surface area (Å²) < 4.78 is 10.8. The molecule has 2 amide bonds. The summed E-state index contributed by atoms with van der Waals surface area (Å²) in [4.78, 5) is 24.0. The van der Waals surface area contributed by atoms with Crippen LogP contribution in [-0.2, 0) is 4.79 Å². The van der Waals surface area contributed by atoms with Crippen LogP contribution in [0.2, 0.25) is 0 Å². The molecule has 3 rings (SSSR count). The van der Waals surface area contributed by atoms with Gasteiger partial charge in [-0.25, -0.2) is 0 Å². The molecule has 0 heterocycles. The van der Waals surface area contributed by atoms with E-state index in [1.807, 2.05) is 42.5 Å². The molecule has 3 aromatic rings. The zero-order chi connectivity index (χ0) is 21.2. The van der Waals surface area contributed by atoms with Crippen molar-refractivity contribution >= 4 is 11.8 Å². The van der Waals surface area contributed by atoms with Gasteiger partial charge in [0.15, 0.2) is 6.61 Å². The van der Waals surface area contributed by atoms with Crippen LogP contribution in [0, 0.1) is 0 Å². The number of amides is 2. The van der Waals surface area contributed by atoms with Crippen molar-refractivity contribution in [1.29, 1.82) is 0 Å². The smallest absolute Gasteiger partial charge is 0.276 e. The average Bonchev–Trinajstić information content (AvgIpc) is 2.81. The van der Waals surface area contributed by atoms with E-state index in [4.69, 9.17) is 9.47 Å². The number of hydrogen-bond acceptors (Lipinski definition) is 4. The van der Waals surface area contributed by atoms with Crippen molar-refractivity contribution in [1.82, 2.24) is 10.9 Å². The van der Waals surface area contributed by atoms with E-state index in [0.29, 0.717) is 23.7 Å². The van der Waals surface area contributed by atoms with Gasteiger partial charge < -0.3 is 9.47 Å². The molecular weight excluding hydrogens is 380 g/mol. The maximum absolute atomic E-state index is 12.1. The summed E-state index contributed by atoms with van der Waals surface area (Å²) in [7, 11) is 0. The Bertz CT molecular complexity index is 984. The molecule has 0 radical (unpaired) electrons. The third-order valence-electron chi connectivity index (χ3n) is 4.13. The molecule has 6 heteroatoms. The van der Waals surface area contributed by atoms with E-state index in [-0.39, 0.29) is 6.61 Å². The summed E-state index contributed by atoms with van der Waals surface area (Å²) in [5.74, 6) is 0.278. The maximum Gasteiger partial charge on any atom is 0.276 e. The minimum Gasteiger partial charge on any atom is -0.490 e. The highest BCUT2D eigenvalue weighted by molar-refractivity contribution is 5.95. The number of carbonyl (C=O) groups excluding carboxylic acids is 2. The molecule has 30 heavy (non-hydrogen) atoms. The molecule has 0 aromatic heterocycles. The van der Waals surface area contributed by atoms with Gasteiger partial charge in [-0.2, -0.15) is 0 Å². The lowest BCUT2D eigenvalue weighted by atomic mass is 10.1. The number of hydrazine groups is 1. The van der Waals surface area contributed by atoms with Gasteiger partial charge in [-0.05, 0) is 47.5 Å². The molecule has 152 valence electrons. The van der Waals surface area contributed by atoms with Crippen molar-refractivity contribution in [3.05, 3.63) is 97.1 Å². The molecule has 0 aliphatic carbocycles. The molecule has 0 saturated carbocycles. The molecule has 0 bridgehead atoms. The van der Waals surface area contributed by atoms with Gasteiger partial charge in [0.25, 0.3) is 11.8 Å². The fraction of sp³-hybridized carbons (Fsp3) is 0.0833. The van der Waals surface area contributed by atoms with Crippen LogP contribution in [0.4, 0.5) is 0 Å². The van der Waals surface area contributed by atoms with Crippen LogP contribution in [0.15, 0.2) is 91.5 Å². The minimum atomic E-state index is -0.471. The highest BCUT2D eigenvalue weighted by Gasteiger charge is 2.08. The second-order valence-electron chi connectivity index (χ2n) is 6.31. The first-order chi connectivity index (χ1) is 14.7. The Balaban J connectivity index is 1.43. The molecule has 0 aliphatic rings. The fourth-order valence-electron chi connectivity index (χ4n) is 2.62. The van der Waals surface area contributed by atoms with Crippen LogP contribution in [0.25, 0.3) is 11.1 Å². The summed E-state index contributed by atoms with van der Waals surface area (Å²) in [6.07, 6.45) is 1.63. The van der Waals surface area contributed by atoms with Crippen molar-refractivity contribution in [2.24, 2.45) is 0 Å². The van der Waals surface area contributed by atoms with Gasteiger partial charge in [-0.1, -0.05) is 55.1 Å². The van der Waals surface area contributed by atoms with Crippen LogP contribution < -0.4 is 20.3 Å². The van der Waals surface area contributed by atoms with Crippen LogP contribution in [0.3, 0.4) is 0 Å². The Morgan fingerprint density at radius 1 is 0.767 bits per heavy atom. The van der Waals surface area contributed by atoms with Crippen molar-refractivity contribution in [3.8, 4) is 22.6 Å². The lowest BCUT2D eigenvalue weighted by molar-refractivity contribution is -0.123. The SMILES string of the molecule is C=CCOc1ccc(C(=O)NNC(=O)COc2ccc(-c3ccccc3)cc2)cc1. The Hall–Kier alpha value is -4.06. The van der Waals surface area contributed by atoms with E-state index in [9.17, 15) is 9.59 Å². The van der Waals surface area contributed by atoms with Crippen molar-refractivity contribution in [3.63, 3.8) is 0 Å². The number of benzene rings is 3. The molecule has 0 unspecified atom stereocenters. The lowest BCUT2D eigenvalue weighted by Gasteiger charge is -2.10. The Kier molecular flexibility index (Phi) is 7.22. The van der Waals surface area contributed by atoms with E-state index >= 15 is 0 Å². The molecule has 0 fully saturated rings. The van der Waals surface area contributed by atoms with Gasteiger partial charge in [-0.15, -0.1) is 0 Å². The van der Waals surface area contributed by atoms with Crippen molar-refractivity contribution < 1.29 is 19.1 Å². The molecule has 0 spiro atoms. The standard InChI is InChI=1S/C24H22N2O4/c1-2-16-29-21-14-10-20(11-15-21)24(28)26-25-23(27)17-30-22-12-8-19(9-13-22)18-6-4-3-5-7-18/h2-15H,1,16-17H2,(H,25,27)(H,26,28). The van der Waals surface area contributed by atoms with Crippen LogP contribution >= 0.6 is 0 Å². The van der Waals surface area contributed by atoms with E-state index < -0.39 is 11.8 Å². The van der Waals surface area contributed by atoms with Gasteiger partial charge in [-0.3, -0.25) is 20.4 Å². The number of carbonyl (C=O) groups is 2. The van der Waals surface area contributed by atoms with E-state index in [1.54, 1.807) is 42.5 Å². The van der Waals surface area contributed by atoms with Gasteiger partial charge in [0, 0.05) is 5.56 Å².